The Kier molecular flexibility index (Phi) is 5.31. The fourth-order valence-electron chi connectivity index (χ4n) is 2.43. The molecule has 2 unspecified atom stereocenters. The van der Waals surface area contributed by atoms with Crippen molar-refractivity contribution in [1.82, 2.24) is 0 Å². The summed E-state index contributed by atoms with van der Waals surface area (Å²) in [6, 6.07) is 14.4. The minimum atomic E-state index is -0.363. The van der Waals surface area contributed by atoms with Crippen molar-refractivity contribution >= 4 is 0 Å². The maximum atomic E-state index is 14.2. The topological polar surface area (TPSA) is 44.5 Å². The SMILES string of the molecule is COc1cccc(CC(N)C(OC)c2ccccc2)c1F. The van der Waals surface area contributed by atoms with Crippen LogP contribution >= 0.6 is 0 Å². The summed E-state index contributed by atoms with van der Waals surface area (Å²) in [6.07, 6.45) is 0.0907. The Morgan fingerprint density at radius 1 is 1.05 bits per heavy atom. The molecule has 3 nitrogen and oxygen atoms in total. The molecule has 0 heterocycles. The average molecular weight is 289 g/mol. The molecule has 0 spiro atoms. The molecule has 2 aromatic carbocycles. The summed E-state index contributed by atoms with van der Waals surface area (Å²) < 4.78 is 24.7. The number of benzene rings is 2. The second-order valence-corrected chi connectivity index (χ2v) is 4.87. The maximum Gasteiger partial charge on any atom is 0.168 e. The third-order valence-electron chi connectivity index (χ3n) is 3.49. The van der Waals surface area contributed by atoms with Gasteiger partial charge < -0.3 is 15.2 Å². The number of ether oxygens (including phenoxy) is 2. The van der Waals surface area contributed by atoms with Gasteiger partial charge in [0.15, 0.2) is 11.6 Å². The highest BCUT2D eigenvalue weighted by atomic mass is 19.1. The van der Waals surface area contributed by atoms with Gasteiger partial charge in [0.25, 0.3) is 0 Å². The van der Waals surface area contributed by atoms with Gasteiger partial charge in [0, 0.05) is 13.2 Å². The van der Waals surface area contributed by atoms with E-state index in [1.54, 1.807) is 25.3 Å². The standard InChI is InChI=1S/C17H20FNO2/c1-20-15-10-6-9-13(16(15)18)11-14(19)17(21-2)12-7-4-3-5-8-12/h3-10,14,17H,11,19H2,1-2H3. The zero-order chi connectivity index (χ0) is 15.2. The first-order valence-electron chi connectivity index (χ1n) is 6.82. The van der Waals surface area contributed by atoms with Gasteiger partial charge in [-0.25, -0.2) is 4.39 Å². The highest BCUT2D eigenvalue weighted by Gasteiger charge is 2.21. The summed E-state index contributed by atoms with van der Waals surface area (Å²) in [6.45, 7) is 0. The second-order valence-electron chi connectivity index (χ2n) is 4.87. The van der Waals surface area contributed by atoms with E-state index in [9.17, 15) is 4.39 Å². The number of nitrogens with two attached hydrogens (primary N) is 1. The van der Waals surface area contributed by atoms with Gasteiger partial charge in [-0.05, 0) is 23.6 Å². The van der Waals surface area contributed by atoms with Crippen molar-refractivity contribution in [3.8, 4) is 5.75 Å². The van der Waals surface area contributed by atoms with Gasteiger partial charge in [-0.2, -0.15) is 0 Å². The summed E-state index contributed by atoms with van der Waals surface area (Å²) in [5.74, 6) is -0.133. The summed E-state index contributed by atoms with van der Waals surface area (Å²) in [5, 5.41) is 0. The van der Waals surface area contributed by atoms with Crippen LogP contribution in [0.3, 0.4) is 0 Å². The van der Waals surface area contributed by atoms with E-state index in [1.165, 1.54) is 7.11 Å². The van der Waals surface area contributed by atoms with Crippen LogP contribution in [0.1, 0.15) is 17.2 Å². The molecule has 0 saturated carbocycles. The first kappa shape index (κ1) is 15.5. The highest BCUT2D eigenvalue weighted by molar-refractivity contribution is 5.32. The van der Waals surface area contributed by atoms with Crippen molar-refractivity contribution in [3.63, 3.8) is 0 Å². The highest BCUT2D eigenvalue weighted by Crippen LogP contribution is 2.25. The number of methoxy groups -OCH3 is 2. The predicted molar refractivity (Wildman–Crippen MR) is 80.8 cm³/mol. The van der Waals surface area contributed by atoms with Gasteiger partial charge in [-0.15, -0.1) is 0 Å². The van der Waals surface area contributed by atoms with E-state index in [0.717, 1.165) is 5.56 Å². The zero-order valence-electron chi connectivity index (χ0n) is 12.3. The number of rotatable bonds is 6. The molecule has 0 saturated heterocycles. The van der Waals surface area contributed by atoms with Crippen molar-refractivity contribution < 1.29 is 13.9 Å². The summed E-state index contributed by atoms with van der Waals surface area (Å²) in [5.41, 5.74) is 7.73. The van der Waals surface area contributed by atoms with Crippen LogP contribution in [-0.2, 0) is 11.2 Å². The number of halogens is 1. The Morgan fingerprint density at radius 2 is 1.76 bits per heavy atom. The van der Waals surface area contributed by atoms with E-state index in [-0.39, 0.29) is 23.7 Å². The molecule has 0 amide bonds. The van der Waals surface area contributed by atoms with Crippen molar-refractivity contribution in [2.75, 3.05) is 14.2 Å². The van der Waals surface area contributed by atoms with Crippen LogP contribution < -0.4 is 10.5 Å². The summed E-state index contributed by atoms with van der Waals surface area (Å²) in [4.78, 5) is 0. The van der Waals surface area contributed by atoms with Crippen molar-refractivity contribution in [3.05, 3.63) is 65.5 Å². The van der Waals surface area contributed by atoms with E-state index >= 15 is 0 Å². The van der Waals surface area contributed by atoms with Crippen LogP contribution in [0, 0.1) is 5.82 Å². The average Bonchev–Trinajstić information content (AvgIpc) is 2.51. The largest absolute Gasteiger partial charge is 0.494 e. The van der Waals surface area contributed by atoms with E-state index in [1.807, 2.05) is 30.3 Å². The molecular weight excluding hydrogens is 269 g/mol. The zero-order valence-corrected chi connectivity index (χ0v) is 12.3. The normalized spacial score (nSPS) is 13.7. The first-order chi connectivity index (χ1) is 10.2. The molecule has 2 N–H and O–H groups in total. The fourth-order valence-corrected chi connectivity index (χ4v) is 2.43. The molecule has 21 heavy (non-hydrogen) atoms. The quantitative estimate of drug-likeness (QED) is 0.888. The summed E-state index contributed by atoms with van der Waals surface area (Å²) >= 11 is 0. The summed E-state index contributed by atoms with van der Waals surface area (Å²) in [7, 11) is 3.06. The van der Waals surface area contributed by atoms with Gasteiger partial charge in [0.2, 0.25) is 0 Å². The van der Waals surface area contributed by atoms with E-state index in [0.29, 0.717) is 12.0 Å². The Morgan fingerprint density at radius 3 is 2.38 bits per heavy atom. The molecule has 0 aliphatic heterocycles. The van der Waals surface area contributed by atoms with Crippen LogP contribution in [0.4, 0.5) is 4.39 Å². The van der Waals surface area contributed by atoms with Gasteiger partial charge in [-0.3, -0.25) is 0 Å². The van der Waals surface area contributed by atoms with Crippen LogP contribution in [0.15, 0.2) is 48.5 Å². The lowest BCUT2D eigenvalue weighted by molar-refractivity contribution is 0.0800. The molecule has 0 aromatic heterocycles. The number of hydrogen-bond donors (Lipinski definition) is 1. The van der Waals surface area contributed by atoms with Crippen LogP contribution in [-0.4, -0.2) is 20.3 Å². The van der Waals surface area contributed by atoms with Gasteiger partial charge in [-0.1, -0.05) is 42.5 Å². The van der Waals surface area contributed by atoms with E-state index in [4.69, 9.17) is 15.2 Å². The number of hydrogen-bond acceptors (Lipinski definition) is 3. The van der Waals surface area contributed by atoms with Crippen molar-refractivity contribution in [1.29, 1.82) is 0 Å². The Labute approximate surface area is 124 Å². The Bertz CT molecular complexity index is 574. The molecule has 0 bridgehead atoms. The molecule has 112 valence electrons. The Balaban J connectivity index is 2.18. The molecule has 0 fully saturated rings. The molecule has 2 rings (SSSR count). The lowest BCUT2D eigenvalue weighted by Crippen LogP contribution is -2.32. The molecule has 0 aliphatic rings. The lowest BCUT2D eigenvalue weighted by atomic mass is 9.96. The second kappa shape index (κ2) is 7.20. The lowest BCUT2D eigenvalue weighted by Gasteiger charge is -2.23. The molecule has 2 atom stereocenters. The minimum absolute atomic E-state index is 0.230. The molecule has 4 heteroatoms. The monoisotopic (exact) mass is 289 g/mol. The van der Waals surface area contributed by atoms with E-state index in [2.05, 4.69) is 0 Å². The third kappa shape index (κ3) is 3.60. The van der Waals surface area contributed by atoms with Crippen molar-refractivity contribution in [2.45, 2.75) is 18.6 Å². The third-order valence-corrected chi connectivity index (χ3v) is 3.49. The molecule has 0 aliphatic carbocycles. The van der Waals surface area contributed by atoms with Crippen LogP contribution in [0.2, 0.25) is 0 Å². The van der Waals surface area contributed by atoms with Crippen LogP contribution in [0.5, 0.6) is 5.75 Å². The predicted octanol–water partition coefficient (Wildman–Crippen LogP) is 3.09. The molecular formula is C17H20FNO2. The fraction of sp³-hybridized carbons (Fsp3) is 0.294. The van der Waals surface area contributed by atoms with Crippen molar-refractivity contribution in [2.24, 2.45) is 5.73 Å². The molecule has 0 radical (unpaired) electrons. The van der Waals surface area contributed by atoms with Crippen LogP contribution in [0.25, 0.3) is 0 Å². The minimum Gasteiger partial charge on any atom is -0.494 e. The smallest absolute Gasteiger partial charge is 0.168 e. The van der Waals surface area contributed by atoms with Gasteiger partial charge in [0.05, 0.1) is 13.2 Å². The molecule has 2 aromatic rings. The van der Waals surface area contributed by atoms with Gasteiger partial charge in [0.1, 0.15) is 0 Å². The first-order valence-corrected chi connectivity index (χ1v) is 6.82. The maximum absolute atomic E-state index is 14.2. The van der Waals surface area contributed by atoms with E-state index < -0.39 is 0 Å². The van der Waals surface area contributed by atoms with Gasteiger partial charge >= 0.3 is 0 Å². The Hall–Kier alpha value is -1.91.